The van der Waals surface area contributed by atoms with Gasteiger partial charge in [0, 0.05) is 22.7 Å². The summed E-state index contributed by atoms with van der Waals surface area (Å²) in [7, 11) is 0. The lowest BCUT2D eigenvalue weighted by Crippen LogP contribution is -2.62. The van der Waals surface area contributed by atoms with Crippen molar-refractivity contribution in [1.82, 2.24) is 0 Å². The van der Waals surface area contributed by atoms with E-state index >= 15 is 0 Å². The first kappa shape index (κ1) is 41.5. The van der Waals surface area contributed by atoms with Gasteiger partial charge in [0.25, 0.3) is 0 Å². The first-order valence-corrected chi connectivity index (χ1v) is 14.6. The summed E-state index contributed by atoms with van der Waals surface area (Å²) >= 11 is 0. The predicted octanol–water partition coefficient (Wildman–Crippen LogP) is 7.72. The molecule has 7 nitrogen and oxygen atoms in total. The SMILES string of the molecule is Nc1ccc(Cc2ccc(N)cc2C(O)C(F)(F)F)c(C(O)C(F)(F)F)c1.Nc1ccc(Cc2ccc(NC(O)(C(F)(F)F)C(F)(F)F)cc2)cc1. The highest BCUT2D eigenvalue weighted by Gasteiger charge is 2.71. The second-order valence-corrected chi connectivity index (χ2v) is 11.4. The number of anilines is 4. The Labute approximate surface area is 287 Å². The topological polar surface area (TPSA) is 151 Å². The fourth-order valence-electron chi connectivity index (χ4n) is 4.70. The number of nitrogens with two attached hydrogens (primary N) is 3. The average Bonchev–Trinajstić information content (AvgIpc) is 3.02. The molecule has 10 N–H and O–H groups in total. The minimum absolute atomic E-state index is 0.0510. The van der Waals surface area contributed by atoms with Gasteiger partial charge < -0.3 is 37.8 Å². The third-order valence-electron chi connectivity index (χ3n) is 7.42. The summed E-state index contributed by atoms with van der Waals surface area (Å²) in [5.41, 5.74) is 11.6. The van der Waals surface area contributed by atoms with E-state index in [2.05, 4.69) is 0 Å². The number of benzene rings is 4. The Kier molecular flexibility index (Phi) is 12.3. The summed E-state index contributed by atoms with van der Waals surface area (Å²) in [5.74, 6) is 0. The van der Waals surface area contributed by atoms with Crippen LogP contribution in [0, 0.1) is 0 Å². The van der Waals surface area contributed by atoms with Crippen LogP contribution in [0.2, 0.25) is 0 Å². The summed E-state index contributed by atoms with van der Waals surface area (Å²) in [4.78, 5) is 0. The zero-order valence-corrected chi connectivity index (χ0v) is 26.3. The molecule has 0 fully saturated rings. The molecule has 2 unspecified atom stereocenters. The molecule has 19 heteroatoms. The van der Waals surface area contributed by atoms with E-state index in [9.17, 15) is 62.9 Å². The van der Waals surface area contributed by atoms with E-state index in [4.69, 9.17) is 22.3 Å². The molecule has 52 heavy (non-hydrogen) atoms. The zero-order valence-electron chi connectivity index (χ0n) is 26.3. The van der Waals surface area contributed by atoms with Crippen LogP contribution in [0.15, 0.2) is 84.9 Å². The maximum atomic E-state index is 12.9. The molecule has 0 amide bonds. The summed E-state index contributed by atoms with van der Waals surface area (Å²) in [6.45, 7) is 0. The van der Waals surface area contributed by atoms with Crippen molar-refractivity contribution < 1.29 is 68.0 Å². The molecule has 0 heterocycles. The van der Waals surface area contributed by atoms with E-state index in [1.54, 1.807) is 24.3 Å². The first-order chi connectivity index (χ1) is 23.7. The molecule has 0 radical (unpaired) electrons. The van der Waals surface area contributed by atoms with Crippen LogP contribution < -0.4 is 22.5 Å². The highest BCUT2D eigenvalue weighted by molar-refractivity contribution is 5.51. The Morgan fingerprint density at radius 1 is 0.500 bits per heavy atom. The molecule has 0 aromatic heterocycles. The number of aliphatic hydroxyl groups is 3. The van der Waals surface area contributed by atoms with Gasteiger partial charge in [-0.1, -0.05) is 36.4 Å². The van der Waals surface area contributed by atoms with E-state index < -0.39 is 65.9 Å². The van der Waals surface area contributed by atoms with Crippen molar-refractivity contribution in [2.24, 2.45) is 0 Å². The van der Waals surface area contributed by atoms with Gasteiger partial charge in [-0.15, -0.1) is 0 Å². The summed E-state index contributed by atoms with van der Waals surface area (Å²) in [5, 5.41) is 29.3. The molecule has 2 atom stereocenters. The Hall–Kier alpha value is -4.88. The van der Waals surface area contributed by atoms with Gasteiger partial charge in [0.1, 0.15) is 0 Å². The molecule has 4 rings (SSSR count). The Morgan fingerprint density at radius 2 is 0.846 bits per heavy atom. The van der Waals surface area contributed by atoms with Gasteiger partial charge in [-0.3, -0.25) is 0 Å². The number of alkyl halides is 12. The number of hydrogen-bond acceptors (Lipinski definition) is 7. The second kappa shape index (κ2) is 15.4. The zero-order chi connectivity index (χ0) is 39.4. The maximum absolute atomic E-state index is 12.9. The fourth-order valence-corrected chi connectivity index (χ4v) is 4.70. The van der Waals surface area contributed by atoms with Crippen LogP contribution in [0.3, 0.4) is 0 Å². The molecule has 0 aliphatic rings. The Balaban J connectivity index is 0.000000281. The Bertz CT molecular complexity index is 1710. The summed E-state index contributed by atoms with van der Waals surface area (Å²) in [6.07, 6.45) is -27.6. The quantitative estimate of drug-likeness (QED) is 0.0553. The maximum Gasteiger partial charge on any atom is 0.446 e. The third kappa shape index (κ3) is 10.3. The van der Waals surface area contributed by atoms with Crippen LogP contribution >= 0.6 is 0 Å². The van der Waals surface area contributed by atoms with E-state index in [1.165, 1.54) is 36.4 Å². The van der Waals surface area contributed by atoms with Crippen LogP contribution in [0.4, 0.5) is 75.4 Å². The number of nitrogens with one attached hydrogen (secondary N) is 1. The van der Waals surface area contributed by atoms with Gasteiger partial charge in [-0.25, -0.2) is 0 Å². The number of aliphatic hydroxyl groups excluding tert-OH is 2. The molecule has 0 aliphatic heterocycles. The van der Waals surface area contributed by atoms with Crippen molar-refractivity contribution in [3.05, 3.63) is 118 Å². The molecule has 0 saturated heterocycles. The Morgan fingerprint density at radius 3 is 1.19 bits per heavy atom. The van der Waals surface area contributed by atoms with Gasteiger partial charge in [-0.05, 0) is 94.8 Å². The van der Waals surface area contributed by atoms with E-state index in [0.717, 1.165) is 35.1 Å². The van der Waals surface area contributed by atoms with Crippen molar-refractivity contribution in [2.45, 2.75) is 55.5 Å². The van der Waals surface area contributed by atoms with Crippen LogP contribution in [0.25, 0.3) is 0 Å². The molecule has 0 spiro atoms. The van der Waals surface area contributed by atoms with Crippen molar-refractivity contribution >= 4 is 22.7 Å². The minimum Gasteiger partial charge on any atom is -0.399 e. The third-order valence-corrected chi connectivity index (χ3v) is 7.42. The van der Waals surface area contributed by atoms with Crippen LogP contribution in [-0.4, -0.2) is 45.7 Å². The molecule has 4 aromatic carbocycles. The van der Waals surface area contributed by atoms with Gasteiger partial charge in [0.2, 0.25) is 0 Å². The molecule has 0 aliphatic carbocycles. The van der Waals surface area contributed by atoms with Crippen molar-refractivity contribution in [2.75, 3.05) is 22.5 Å². The average molecular weight is 759 g/mol. The summed E-state index contributed by atoms with van der Waals surface area (Å²) in [6, 6.07) is 18.4. The van der Waals surface area contributed by atoms with Crippen molar-refractivity contribution in [1.29, 1.82) is 0 Å². The summed E-state index contributed by atoms with van der Waals surface area (Å²) < 4.78 is 153. The fraction of sp³-hybridized carbons (Fsp3) is 0.273. The van der Waals surface area contributed by atoms with Crippen molar-refractivity contribution in [3.63, 3.8) is 0 Å². The molecular formula is C33H30F12N4O3. The van der Waals surface area contributed by atoms with Gasteiger partial charge in [0.15, 0.2) is 12.2 Å². The molecule has 4 aromatic rings. The van der Waals surface area contributed by atoms with Crippen LogP contribution in [0.5, 0.6) is 0 Å². The largest absolute Gasteiger partial charge is 0.446 e. The highest BCUT2D eigenvalue weighted by atomic mass is 19.4. The van der Waals surface area contributed by atoms with Gasteiger partial charge in [-0.2, -0.15) is 52.7 Å². The number of nitrogen functional groups attached to an aromatic ring is 3. The van der Waals surface area contributed by atoms with E-state index in [-0.39, 0.29) is 22.5 Å². The lowest BCUT2D eigenvalue weighted by molar-refractivity contribution is -0.356. The van der Waals surface area contributed by atoms with Gasteiger partial charge >= 0.3 is 30.4 Å². The lowest BCUT2D eigenvalue weighted by atomic mass is 9.91. The molecule has 284 valence electrons. The van der Waals surface area contributed by atoms with E-state index in [0.29, 0.717) is 17.7 Å². The molecule has 0 bridgehead atoms. The molecule has 0 saturated carbocycles. The lowest BCUT2D eigenvalue weighted by Gasteiger charge is -2.33. The monoisotopic (exact) mass is 758 g/mol. The van der Waals surface area contributed by atoms with Crippen molar-refractivity contribution in [3.8, 4) is 0 Å². The number of halogens is 12. The second-order valence-electron chi connectivity index (χ2n) is 11.4. The smallest absolute Gasteiger partial charge is 0.399 e. The predicted molar refractivity (Wildman–Crippen MR) is 167 cm³/mol. The van der Waals surface area contributed by atoms with Crippen LogP contribution in [0.1, 0.15) is 45.6 Å². The standard InChI is InChI=1S/C17H16F6N2O2.C16H14F6N2O/c18-16(19,20)14(26)12-6-10(24)3-1-8(12)5-9-2-4-11(25)7-13(9)15(27)17(21,22)23;17-15(18,19)14(25,16(20,21)22)24-13-7-3-11(4-8-13)9-10-1-5-12(23)6-2-10/h1-4,6-7,14-15,26-27H,5,24-25H2;1-8,24-25H,9,23H2. The molecular weight excluding hydrogens is 728 g/mol. The normalized spacial score (nSPS) is 13.9. The van der Waals surface area contributed by atoms with Gasteiger partial charge in [0.05, 0.1) is 0 Å². The number of rotatable bonds is 8. The van der Waals surface area contributed by atoms with Crippen LogP contribution in [-0.2, 0) is 12.8 Å². The first-order valence-electron chi connectivity index (χ1n) is 14.6. The highest BCUT2D eigenvalue weighted by Crippen LogP contribution is 2.43. The number of hydrogen-bond donors (Lipinski definition) is 7. The minimum atomic E-state index is -5.94. The van der Waals surface area contributed by atoms with E-state index in [1.807, 2.05) is 0 Å².